The van der Waals surface area contributed by atoms with E-state index < -0.39 is 6.04 Å². The standard InChI is InChI=1S/C25H31BrN2O3/c1-18-8-6-13-23(14-18)31-17-24(29)28(16-20-9-7-10-21(26)15-20)19(2)25(30)27-22-11-4-3-5-12-22/h6-10,13-15,19,22H,3-5,11-12,16-17H2,1-2H3,(H,27,30)/t19-/m1/s1. The van der Waals surface area contributed by atoms with Crippen molar-refractivity contribution in [3.63, 3.8) is 0 Å². The van der Waals surface area contributed by atoms with Crippen molar-refractivity contribution in [3.05, 3.63) is 64.1 Å². The average Bonchev–Trinajstić information content (AvgIpc) is 2.76. The van der Waals surface area contributed by atoms with Gasteiger partial charge in [-0.1, -0.05) is 59.5 Å². The molecule has 2 aromatic carbocycles. The summed E-state index contributed by atoms with van der Waals surface area (Å²) >= 11 is 3.48. The molecule has 0 saturated heterocycles. The van der Waals surface area contributed by atoms with Crippen molar-refractivity contribution in [2.24, 2.45) is 0 Å². The minimum atomic E-state index is -0.588. The summed E-state index contributed by atoms with van der Waals surface area (Å²) in [6, 6.07) is 15.0. The van der Waals surface area contributed by atoms with Crippen molar-refractivity contribution in [1.82, 2.24) is 10.2 Å². The highest BCUT2D eigenvalue weighted by Crippen LogP contribution is 2.19. The zero-order valence-corrected chi connectivity index (χ0v) is 19.9. The van der Waals surface area contributed by atoms with Gasteiger partial charge >= 0.3 is 0 Å². The molecule has 1 saturated carbocycles. The van der Waals surface area contributed by atoms with Gasteiger partial charge in [0, 0.05) is 17.1 Å². The van der Waals surface area contributed by atoms with Gasteiger partial charge in [0.15, 0.2) is 6.61 Å². The van der Waals surface area contributed by atoms with Crippen LogP contribution in [0, 0.1) is 6.92 Å². The van der Waals surface area contributed by atoms with E-state index in [-0.39, 0.29) is 24.5 Å². The third-order valence-electron chi connectivity index (χ3n) is 5.71. The molecule has 0 bridgehead atoms. The van der Waals surface area contributed by atoms with Gasteiger partial charge in [-0.15, -0.1) is 0 Å². The summed E-state index contributed by atoms with van der Waals surface area (Å²) in [6.07, 6.45) is 5.53. The molecule has 5 nitrogen and oxygen atoms in total. The number of ether oxygens (including phenoxy) is 1. The smallest absolute Gasteiger partial charge is 0.261 e. The fraction of sp³-hybridized carbons (Fsp3) is 0.440. The van der Waals surface area contributed by atoms with Gasteiger partial charge in [-0.25, -0.2) is 0 Å². The summed E-state index contributed by atoms with van der Waals surface area (Å²) in [5.74, 6) is 0.327. The zero-order chi connectivity index (χ0) is 22.2. The molecule has 2 amide bonds. The largest absolute Gasteiger partial charge is 0.484 e. The fourth-order valence-corrected chi connectivity index (χ4v) is 4.36. The van der Waals surface area contributed by atoms with Crippen LogP contribution in [0.2, 0.25) is 0 Å². The molecule has 1 aliphatic carbocycles. The highest BCUT2D eigenvalue weighted by Gasteiger charge is 2.28. The van der Waals surface area contributed by atoms with E-state index in [9.17, 15) is 9.59 Å². The molecule has 3 rings (SSSR count). The van der Waals surface area contributed by atoms with Gasteiger partial charge in [0.1, 0.15) is 11.8 Å². The molecule has 1 fully saturated rings. The Hall–Kier alpha value is -2.34. The van der Waals surface area contributed by atoms with E-state index in [1.165, 1.54) is 6.42 Å². The molecule has 31 heavy (non-hydrogen) atoms. The predicted octanol–water partition coefficient (Wildman–Crippen LogP) is 5.00. The van der Waals surface area contributed by atoms with Crippen LogP contribution in [0.4, 0.5) is 0 Å². The maximum absolute atomic E-state index is 13.1. The number of nitrogens with zero attached hydrogens (tertiary/aromatic N) is 1. The van der Waals surface area contributed by atoms with Gasteiger partial charge in [-0.3, -0.25) is 9.59 Å². The Morgan fingerprint density at radius 1 is 1.13 bits per heavy atom. The first kappa shape index (κ1) is 23.3. The van der Waals surface area contributed by atoms with Crippen LogP contribution in [0.3, 0.4) is 0 Å². The second-order valence-electron chi connectivity index (χ2n) is 8.28. The van der Waals surface area contributed by atoms with Crippen molar-refractivity contribution >= 4 is 27.7 Å². The second-order valence-corrected chi connectivity index (χ2v) is 9.19. The van der Waals surface area contributed by atoms with Crippen LogP contribution in [-0.2, 0) is 16.1 Å². The third kappa shape index (κ3) is 7.10. The molecule has 0 radical (unpaired) electrons. The molecule has 0 aromatic heterocycles. The van der Waals surface area contributed by atoms with E-state index in [4.69, 9.17) is 4.74 Å². The Bertz CT molecular complexity index is 896. The number of carbonyl (C=O) groups is 2. The SMILES string of the molecule is Cc1cccc(OCC(=O)N(Cc2cccc(Br)c2)[C@H](C)C(=O)NC2CCCCC2)c1. The number of rotatable bonds is 8. The number of carbonyl (C=O) groups excluding carboxylic acids is 2. The normalized spacial score (nSPS) is 15.2. The number of nitrogens with one attached hydrogen (secondary N) is 1. The number of hydrogen-bond acceptors (Lipinski definition) is 3. The molecule has 0 aliphatic heterocycles. The van der Waals surface area contributed by atoms with Gasteiger partial charge in [0.2, 0.25) is 5.91 Å². The van der Waals surface area contributed by atoms with Crippen LogP contribution in [0.5, 0.6) is 5.75 Å². The summed E-state index contributed by atoms with van der Waals surface area (Å²) in [6.45, 7) is 4.00. The molecule has 1 aliphatic rings. The van der Waals surface area contributed by atoms with E-state index in [1.807, 2.05) is 55.5 Å². The minimum absolute atomic E-state index is 0.106. The lowest BCUT2D eigenvalue weighted by atomic mass is 9.95. The van der Waals surface area contributed by atoms with Crippen LogP contribution in [0.25, 0.3) is 0 Å². The minimum Gasteiger partial charge on any atom is -0.484 e. The monoisotopic (exact) mass is 486 g/mol. The van der Waals surface area contributed by atoms with Gasteiger partial charge in [0.05, 0.1) is 0 Å². The maximum atomic E-state index is 13.1. The van der Waals surface area contributed by atoms with E-state index in [0.717, 1.165) is 41.3 Å². The molecule has 1 N–H and O–H groups in total. The summed E-state index contributed by atoms with van der Waals surface area (Å²) in [4.78, 5) is 27.7. The van der Waals surface area contributed by atoms with E-state index in [1.54, 1.807) is 11.8 Å². The topological polar surface area (TPSA) is 58.6 Å². The molecular formula is C25H31BrN2O3. The van der Waals surface area contributed by atoms with Crippen LogP contribution in [-0.4, -0.2) is 35.4 Å². The van der Waals surface area contributed by atoms with Gasteiger partial charge in [0.25, 0.3) is 5.91 Å². The average molecular weight is 487 g/mol. The van der Waals surface area contributed by atoms with Gasteiger partial charge in [-0.05, 0) is 62.1 Å². The lowest BCUT2D eigenvalue weighted by Crippen LogP contribution is -2.51. The van der Waals surface area contributed by atoms with Crippen LogP contribution < -0.4 is 10.1 Å². The summed E-state index contributed by atoms with van der Waals surface area (Å²) < 4.78 is 6.68. The van der Waals surface area contributed by atoms with Crippen molar-refractivity contribution in [2.45, 2.75) is 64.6 Å². The predicted molar refractivity (Wildman–Crippen MR) is 126 cm³/mol. The van der Waals surface area contributed by atoms with Crippen molar-refractivity contribution in [1.29, 1.82) is 0 Å². The van der Waals surface area contributed by atoms with Crippen LogP contribution >= 0.6 is 15.9 Å². The summed E-state index contributed by atoms with van der Waals surface area (Å²) in [5.41, 5.74) is 2.02. The van der Waals surface area contributed by atoms with Gasteiger partial charge in [-0.2, -0.15) is 0 Å². The molecule has 1 atom stereocenters. The Labute approximate surface area is 193 Å². The highest BCUT2D eigenvalue weighted by molar-refractivity contribution is 9.10. The maximum Gasteiger partial charge on any atom is 0.261 e. The quantitative estimate of drug-likeness (QED) is 0.570. The zero-order valence-electron chi connectivity index (χ0n) is 18.3. The van der Waals surface area contributed by atoms with Crippen molar-refractivity contribution < 1.29 is 14.3 Å². The van der Waals surface area contributed by atoms with E-state index in [0.29, 0.717) is 12.3 Å². The highest BCUT2D eigenvalue weighted by atomic mass is 79.9. The van der Waals surface area contributed by atoms with E-state index in [2.05, 4.69) is 21.2 Å². The Kier molecular flexibility index (Phi) is 8.52. The molecule has 166 valence electrons. The first-order chi connectivity index (χ1) is 14.9. The molecule has 2 aromatic rings. The van der Waals surface area contributed by atoms with Crippen molar-refractivity contribution in [3.8, 4) is 5.75 Å². The van der Waals surface area contributed by atoms with E-state index >= 15 is 0 Å². The lowest BCUT2D eigenvalue weighted by Gasteiger charge is -2.31. The second kappa shape index (κ2) is 11.3. The van der Waals surface area contributed by atoms with Gasteiger partial charge < -0.3 is 15.0 Å². The molecule has 0 unspecified atom stereocenters. The Balaban J connectivity index is 1.70. The molecular weight excluding hydrogens is 456 g/mol. The summed E-state index contributed by atoms with van der Waals surface area (Å²) in [7, 11) is 0. The number of aryl methyl sites for hydroxylation is 1. The van der Waals surface area contributed by atoms with Crippen LogP contribution in [0.15, 0.2) is 53.0 Å². The molecule has 6 heteroatoms. The Morgan fingerprint density at radius 2 is 1.87 bits per heavy atom. The summed E-state index contributed by atoms with van der Waals surface area (Å²) in [5, 5.41) is 3.15. The lowest BCUT2D eigenvalue weighted by molar-refractivity contribution is -0.142. The Morgan fingerprint density at radius 3 is 2.58 bits per heavy atom. The first-order valence-corrected chi connectivity index (χ1v) is 11.8. The first-order valence-electron chi connectivity index (χ1n) is 11.0. The number of hydrogen-bond donors (Lipinski definition) is 1. The number of amides is 2. The van der Waals surface area contributed by atoms with Crippen molar-refractivity contribution in [2.75, 3.05) is 6.61 Å². The fourth-order valence-electron chi connectivity index (χ4n) is 3.92. The number of halogens is 1. The molecule has 0 spiro atoms. The van der Waals surface area contributed by atoms with Crippen LogP contribution in [0.1, 0.15) is 50.2 Å². The third-order valence-corrected chi connectivity index (χ3v) is 6.21. The number of benzene rings is 2. The molecule has 0 heterocycles.